The van der Waals surface area contributed by atoms with Crippen LogP contribution in [0, 0.1) is 23.2 Å². The maximum absolute atomic E-state index is 10.4. The van der Waals surface area contributed by atoms with Crippen LogP contribution in [0.5, 0.6) is 0 Å². The van der Waals surface area contributed by atoms with Crippen LogP contribution >= 0.6 is 0 Å². The number of hydrogen-bond acceptors (Lipinski definition) is 3. The number of carboxylic acids is 2. The molecule has 2 N–H and O–H groups in total. The predicted octanol–water partition coefficient (Wildman–Crippen LogP) is 0.488. The van der Waals surface area contributed by atoms with Crippen LogP contribution in [0.3, 0.4) is 0 Å². The van der Waals surface area contributed by atoms with Crippen molar-refractivity contribution in [2.45, 2.75) is 6.42 Å². The number of allylic oxidation sites excluding steroid dienone is 1. The molecule has 1 atom stereocenters. The van der Waals surface area contributed by atoms with E-state index in [1.165, 1.54) is 6.08 Å². The molecule has 0 heterocycles. The van der Waals surface area contributed by atoms with E-state index in [2.05, 4.69) is 6.58 Å². The molecule has 0 aromatic heterocycles. The molecule has 0 amide bonds. The Kier molecular flexibility index (Phi) is 4.24. The van der Waals surface area contributed by atoms with E-state index in [4.69, 9.17) is 15.5 Å². The van der Waals surface area contributed by atoms with Crippen molar-refractivity contribution in [2.24, 2.45) is 11.8 Å². The smallest absolute Gasteiger partial charge is 0.319 e. The Morgan fingerprint density at radius 1 is 1.46 bits per heavy atom. The van der Waals surface area contributed by atoms with E-state index in [-0.39, 0.29) is 6.42 Å². The summed E-state index contributed by atoms with van der Waals surface area (Å²) < 4.78 is 0. The zero-order valence-electron chi connectivity index (χ0n) is 6.80. The van der Waals surface area contributed by atoms with Crippen molar-refractivity contribution < 1.29 is 19.8 Å². The van der Waals surface area contributed by atoms with Crippen LogP contribution < -0.4 is 0 Å². The third kappa shape index (κ3) is 2.95. The van der Waals surface area contributed by atoms with Gasteiger partial charge in [-0.05, 0) is 6.42 Å². The van der Waals surface area contributed by atoms with E-state index in [0.29, 0.717) is 0 Å². The average molecular weight is 183 g/mol. The second-order valence-corrected chi connectivity index (χ2v) is 2.41. The van der Waals surface area contributed by atoms with Crippen molar-refractivity contribution >= 4 is 11.9 Å². The zero-order chi connectivity index (χ0) is 10.4. The summed E-state index contributed by atoms with van der Waals surface area (Å²) in [5.41, 5.74) is 0. The highest BCUT2D eigenvalue weighted by atomic mass is 16.4. The van der Waals surface area contributed by atoms with Gasteiger partial charge in [0.2, 0.25) is 0 Å². The molecule has 0 radical (unpaired) electrons. The Hall–Kier alpha value is -1.83. The van der Waals surface area contributed by atoms with E-state index in [0.717, 1.165) is 0 Å². The quantitative estimate of drug-likeness (QED) is 0.477. The molecule has 0 saturated heterocycles. The van der Waals surface area contributed by atoms with Crippen molar-refractivity contribution in [2.75, 3.05) is 0 Å². The summed E-state index contributed by atoms with van der Waals surface area (Å²) in [5.74, 6) is -5.74. The molecule has 0 aliphatic heterocycles. The first-order chi connectivity index (χ1) is 6.04. The Labute approximate surface area is 74.9 Å². The molecule has 13 heavy (non-hydrogen) atoms. The minimum Gasteiger partial charge on any atom is -0.481 e. The van der Waals surface area contributed by atoms with Crippen molar-refractivity contribution in [3.8, 4) is 6.07 Å². The molecular formula is C8H9NO4. The molecule has 0 spiro atoms. The number of hydrogen-bond donors (Lipinski definition) is 2. The molecule has 0 aromatic rings. The largest absolute Gasteiger partial charge is 0.481 e. The number of aliphatic carboxylic acids is 2. The SMILES string of the molecule is C=CCC(C#N)C(C(=O)O)C(=O)O. The second-order valence-electron chi connectivity index (χ2n) is 2.41. The Morgan fingerprint density at radius 2 is 1.92 bits per heavy atom. The summed E-state index contributed by atoms with van der Waals surface area (Å²) in [6, 6.07) is 1.63. The van der Waals surface area contributed by atoms with Gasteiger partial charge in [0.05, 0.1) is 12.0 Å². The fraction of sp³-hybridized carbons (Fsp3) is 0.375. The molecule has 0 aliphatic rings. The van der Waals surface area contributed by atoms with Gasteiger partial charge in [-0.25, -0.2) is 0 Å². The fourth-order valence-electron chi connectivity index (χ4n) is 0.893. The van der Waals surface area contributed by atoms with Crippen LogP contribution in [-0.2, 0) is 9.59 Å². The van der Waals surface area contributed by atoms with E-state index in [1.807, 2.05) is 0 Å². The number of nitrogens with zero attached hydrogens (tertiary/aromatic N) is 1. The highest BCUT2D eigenvalue weighted by molar-refractivity contribution is 5.93. The van der Waals surface area contributed by atoms with E-state index in [9.17, 15) is 9.59 Å². The minimum absolute atomic E-state index is 0.0553. The van der Waals surface area contributed by atoms with Crippen molar-refractivity contribution in [3.05, 3.63) is 12.7 Å². The highest BCUT2D eigenvalue weighted by Crippen LogP contribution is 2.16. The lowest BCUT2D eigenvalue weighted by molar-refractivity contribution is -0.156. The molecule has 0 fully saturated rings. The summed E-state index contributed by atoms with van der Waals surface area (Å²) in [6.45, 7) is 3.31. The normalized spacial score (nSPS) is 11.7. The first-order valence-corrected chi connectivity index (χ1v) is 3.50. The van der Waals surface area contributed by atoms with Gasteiger partial charge in [0, 0.05) is 0 Å². The standard InChI is InChI=1S/C8H9NO4/c1-2-3-5(4-9)6(7(10)11)8(12)13/h2,5-6H,1,3H2,(H,10,11)(H,12,13). The maximum Gasteiger partial charge on any atom is 0.319 e. The van der Waals surface area contributed by atoms with E-state index >= 15 is 0 Å². The lowest BCUT2D eigenvalue weighted by atomic mass is 9.91. The molecular weight excluding hydrogens is 174 g/mol. The van der Waals surface area contributed by atoms with Crippen molar-refractivity contribution in [1.29, 1.82) is 5.26 Å². The summed E-state index contributed by atoms with van der Waals surface area (Å²) in [4.78, 5) is 20.9. The van der Waals surface area contributed by atoms with E-state index < -0.39 is 23.8 Å². The molecule has 1 unspecified atom stereocenters. The lowest BCUT2D eigenvalue weighted by Gasteiger charge is -2.10. The molecule has 5 nitrogen and oxygen atoms in total. The van der Waals surface area contributed by atoms with Crippen LogP contribution in [0.25, 0.3) is 0 Å². The van der Waals surface area contributed by atoms with Gasteiger partial charge in [0.25, 0.3) is 0 Å². The maximum atomic E-state index is 10.4. The predicted molar refractivity (Wildman–Crippen MR) is 42.7 cm³/mol. The van der Waals surface area contributed by atoms with Crippen LogP contribution in [0.4, 0.5) is 0 Å². The average Bonchev–Trinajstić information content (AvgIpc) is 2.02. The number of carbonyl (C=O) groups is 2. The summed E-state index contributed by atoms with van der Waals surface area (Å²) in [5, 5.41) is 25.5. The number of carboxylic acid groups (broad SMARTS) is 2. The molecule has 0 aliphatic carbocycles. The first-order valence-electron chi connectivity index (χ1n) is 3.50. The topological polar surface area (TPSA) is 98.4 Å². The lowest BCUT2D eigenvalue weighted by Crippen LogP contribution is -2.30. The van der Waals surface area contributed by atoms with Crippen LogP contribution in [0.15, 0.2) is 12.7 Å². The van der Waals surface area contributed by atoms with Crippen LogP contribution in [-0.4, -0.2) is 22.2 Å². The van der Waals surface area contributed by atoms with Crippen molar-refractivity contribution in [1.82, 2.24) is 0 Å². The molecule has 5 heteroatoms. The second kappa shape index (κ2) is 4.93. The first kappa shape index (κ1) is 11.2. The van der Waals surface area contributed by atoms with Gasteiger partial charge in [0.15, 0.2) is 5.92 Å². The zero-order valence-corrected chi connectivity index (χ0v) is 6.80. The molecule has 0 rings (SSSR count). The summed E-state index contributed by atoms with van der Waals surface area (Å²) >= 11 is 0. The summed E-state index contributed by atoms with van der Waals surface area (Å²) in [6.07, 6.45) is 1.38. The summed E-state index contributed by atoms with van der Waals surface area (Å²) in [7, 11) is 0. The Morgan fingerprint density at radius 3 is 2.15 bits per heavy atom. The Bertz CT molecular complexity index is 252. The van der Waals surface area contributed by atoms with Gasteiger partial charge in [0.1, 0.15) is 0 Å². The molecule has 0 bridgehead atoms. The molecule has 70 valence electrons. The Balaban J connectivity index is 4.70. The van der Waals surface area contributed by atoms with Crippen LogP contribution in [0.1, 0.15) is 6.42 Å². The van der Waals surface area contributed by atoms with Gasteiger partial charge >= 0.3 is 11.9 Å². The van der Waals surface area contributed by atoms with Gasteiger partial charge < -0.3 is 10.2 Å². The fourth-order valence-corrected chi connectivity index (χ4v) is 0.893. The molecule has 0 saturated carbocycles. The number of rotatable bonds is 5. The van der Waals surface area contributed by atoms with Gasteiger partial charge in [-0.3, -0.25) is 9.59 Å². The minimum atomic E-state index is -1.68. The van der Waals surface area contributed by atoms with Gasteiger partial charge in [-0.1, -0.05) is 6.08 Å². The number of nitriles is 1. The third-order valence-electron chi connectivity index (χ3n) is 1.52. The van der Waals surface area contributed by atoms with Crippen molar-refractivity contribution in [3.63, 3.8) is 0 Å². The highest BCUT2D eigenvalue weighted by Gasteiger charge is 2.34. The monoisotopic (exact) mass is 183 g/mol. The van der Waals surface area contributed by atoms with E-state index in [1.54, 1.807) is 6.07 Å². The van der Waals surface area contributed by atoms with Crippen LogP contribution in [0.2, 0.25) is 0 Å². The third-order valence-corrected chi connectivity index (χ3v) is 1.52. The molecule has 0 aromatic carbocycles. The van der Waals surface area contributed by atoms with Gasteiger partial charge in [-0.2, -0.15) is 5.26 Å². The van der Waals surface area contributed by atoms with Gasteiger partial charge in [-0.15, -0.1) is 6.58 Å².